The number of benzene rings is 1. The van der Waals surface area contributed by atoms with Gasteiger partial charge < -0.3 is 10.6 Å². The van der Waals surface area contributed by atoms with E-state index < -0.39 is 0 Å². The Balaban J connectivity index is 1.94. The molecule has 1 aromatic carbocycles. The highest BCUT2D eigenvalue weighted by atomic mass is 32.2. The van der Waals surface area contributed by atoms with Crippen LogP contribution >= 0.6 is 11.8 Å². The Morgan fingerprint density at radius 3 is 2.26 bits per heavy atom. The Labute approximate surface area is 144 Å². The fraction of sp³-hybridized carbons (Fsp3) is 0.526. The molecule has 3 nitrogen and oxygen atoms in total. The highest BCUT2D eigenvalue weighted by Crippen LogP contribution is 2.28. The molecule has 0 radical (unpaired) electrons. The summed E-state index contributed by atoms with van der Waals surface area (Å²) in [6, 6.07) is 8.41. The SMILES string of the molecule is CSc1ccc(/C=C/C(=O)NC2CC(C)(C)NC(C)(C)C2)cc1. The van der Waals surface area contributed by atoms with Gasteiger partial charge in [0.25, 0.3) is 0 Å². The largest absolute Gasteiger partial charge is 0.350 e. The Bertz CT molecular complexity index is 560. The van der Waals surface area contributed by atoms with Crippen molar-refractivity contribution in [3.8, 4) is 0 Å². The van der Waals surface area contributed by atoms with Crippen LogP contribution in [0.3, 0.4) is 0 Å². The second-order valence-electron chi connectivity index (χ2n) is 7.61. The third-order valence-corrected chi connectivity index (χ3v) is 4.82. The van der Waals surface area contributed by atoms with Crippen LogP contribution in [-0.4, -0.2) is 29.3 Å². The first-order valence-corrected chi connectivity index (χ1v) is 9.34. The van der Waals surface area contributed by atoms with Crippen LogP contribution in [0.2, 0.25) is 0 Å². The maximum absolute atomic E-state index is 12.2. The van der Waals surface area contributed by atoms with Gasteiger partial charge in [0.05, 0.1) is 0 Å². The predicted octanol–water partition coefficient (Wildman–Crippen LogP) is 3.85. The first-order valence-electron chi connectivity index (χ1n) is 8.11. The maximum Gasteiger partial charge on any atom is 0.244 e. The molecule has 1 fully saturated rings. The molecular formula is C19H28N2OS. The van der Waals surface area contributed by atoms with Crippen molar-refractivity contribution in [1.29, 1.82) is 0 Å². The van der Waals surface area contributed by atoms with Crippen LogP contribution in [-0.2, 0) is 4.79 Å². The van der Waals surface area contributed by atoms with E-state index in [0.29, 0.717) is 0 Å². The van der Waals surface area contributed by atoms with Gasteiger partial charge in [-0.05, 0) is 70.6 Å². The number of carbonyl (C=O) groups excluding carboxylic acids is 1. The topological polar surface area (TPSA) is 41.1 Å². The number of amides is 1. The van der Waals surface area contributed by atoms with Crippen molar-refractivity contribution in [2.24, 2.45) is 0 Å². The Morgan fingerprint density at radius 1 is 1.17 bits per heavy atom. The van der Waals surface area contributed by atoms with E-state index >= 15 is 0 Å². The van der Waals surface area contributed by atoms with Crippen molar-refractivity contribution in [3.05, 3.63) is 35.9 Å². The molecule has 0 bridgehead atoms. The summed E-state index contributed by atoms with van der Waals surface area (Å²) in [7, 11) is 0. The highest BCUT2D eigenvalue weighted by molar-refractivity contribution is 7.98. The molecule has 126 valence electrons. The zero-order valence-corrected chi connectivity index (χ0v) is 15.6. The zero-order valence-electron chi connectivity index (χ0n) is 14.8. The van der Waals surface area contributed by atoms with Gasteiger partial charge in [0, 0.05) is 28.1 Å². The third-order valence-electron chi connectivity index (χ3n) is 4.08. The normalized spacial score (nSPS) is 20.6. The molecule has 1 amide bonds. The van der Waals surface area contributed by atoms with Crippen LogP contribution < -0.4 is 10.6 Å². The average Bonchev–Trinajstić information content (AvgIpc) is 2.42. The van der Waals surface area contributed by atoms with Gasteiger partial charge in [-0.1, -0.05) is 12.1 Å². The van der Waals surface area contributed by atoms with Crippen molar-refractivity contribution in [3.63, 3.8) is 0 Å². The van der Waals surface area contributed by atoms with E-state index in [9.17, 15) is 4.79 Å². The van der Waals surface area contributed by atoms with Gasteiger partial charge in [0.2, 0.25) is 5.91 Å². The third kappa shape index (κ3) is 5.70. The van der Waals surface area contributed by atoms with Gasteiger partial charge >= 0.3 is 0 Å². The molecule has 0 aliphatic carbocycles. The second-order valence-corrected chi connectivity index (χ2v) is 8.49. The summed E-state index contributed by atoms with van der Waals surface area (Å²) in [5, 5.41) is 6.79. The quantitative estimate of drug-likeness (QED) is 0.650. The summed E-state index contributed by atoms with van der Waals surface area (Å²) < 4.78 is 0. The minimum Gasteiger partial charge on any atom is -0.350 e. The van der Waals surface area contributed by atoms with Gasteiger partial charge in [0.15, 0.2) is 0 Å². The molecule has 0 spiro atoms. The van der Waals surface area contributed by atoms with Gasteiger partial charge in [-0.25, -0.2) is 0 Å². The predicted molar refractivity (Wildman–Crippen MR) is 99.7 cm³/mol. The number of carbonyl (C=O) groups is 1. The second kappa shape index (κ2) is 7.10. The monoisotopic (exact) mass is 332 g/mol. The molecule has 1 heterocycles. The van der Waals surface area contributed by atoms with Crippen molar-refractivity contribution < 1.29 is 4.79 Å². The molecule has 2 rings (SSSR count). The van der Waals surface area contributed by atoms with E-state index in [1.54, 1.807) is 17.8 Å². The zero-order chi connectivity index (χ0) is 17.1. The lowest BCUT2D eigenvalue weighted by atomic mass is 9.79. The molecule has 0 atom stereocenters. The summed E-state index contributed by atoms with van der Waals surface area (Å²) in [5.41, 5.74) is 1.12. The summed E-state index contributed by atoms with van der Waals surface area (Å²) in [6.07, 6.45) is 7.45. The van der Waals surface area contributed by atoms with Gasteiger partial charge in [-0.3, -0.25) is 4.79 Å². The van der Waals surface area contributed by atoms with Crippen LogP contribution in [0.5, 0.6) is 0 Å². The van der Waals surface area contributed by atoms with E-state index in [-0.39, 0.29) is 23.0 Å². The Kier molecular flexibility index (Phi) is 5.58. The van der Waals surface area contributed by atoms with E-state index in [2.05, 4.69) is 56.7 Å². The highest BCUT2D eigenvalue weighted by Gasteiger charge is 2.37. The molecule has 1 aliphatic heterocycles. The van der Waals surface area contributed by atoms with Gasteiger partial charge in [-0.2, -0.15) is 0 Å². The fourth-order valence-electron chi connectivity index (χ4n) is 3.56. The Morgan fingerprint density at radius 2 is 1.74 bits per heavy atom. The van der Waals surface area contributed by atoms with Crippen molar-refractivity contribution >= 4 is 23.7 Å². The Hall–Kier alpha value is -1.26. The van der Waals surface area contributed by atoms with E-state index in [0.717, 1.165) is 18.4 Å². The molecule has 1 aromatic rings. The van der Waals surface area contributed by atoms with Crippen molar-refractivity contribution in [2.75, 3.05) is 6.26 Å². The first kappa shape index (κ1) is 18.1. The summed E-state index contributed by atoms with van der Waals surface area (Å²) in [5.74, 6) is -0.0163. The van der Waals surface area contributed by atoms with Gasteiger partial charge in [0.1, 0.15) is 0 Å². The molecule has 23 heavy (non-hydrogen) atoms. The van der Waals surface area contributed by atoms with E-state index in [1.165, 1.54) is 4.90 Å². The number of rotatable bonds is 4. The van der Waals surface area contributed by atoms with Crippen LogP contribution in [0.25, 0.3) is 6.08 Å². The lowest BCUT2D eigenvalue weighted by Gasteiger charge is -2.46. The van der Waals surface area contributed by atoms with Crippen LogP contribution in [0.15, 0.2) is 35.2 Å². The molecule has 4 heteroatoms. The molecule has 2 N–H and O–H groups in total. The fourth-order valence-corrected chi connectivity index (χ4v) is 3.97. The van der Waals surface area contributed by atoms with Crippen LogP contribution in [0.1, 0.15) is 46.1 Å². The lowest BCUT2D eigenvalue weighted by molar-refractivity contribution is -0.117. The molecule has 0 unspecified atom stereocenters. The summed E-state index contributed by atoms with van der Waals surface area (Å²) in [4.78, 5) is 13.4. The van der Waals surface area contributed by atoms with E-state index in [4.69, 9.17) is 0 Å². The molecular weight excluding hydrogens is 304 g/mol. The summed E-state index contributed by atoms with van der Waals surface area (Å²) in [6.45, 7) is 8.76. The average molecular weight is 333 g/mol. The van der Waals surface area contributed by atoms with Crippen molar-refractivity contribution in [2.45, 2.75) is 62.6 Å². The standard InChI is InChI=1S/C19H28N2OS/c1-18(2)12-15(13-19(3,4)21-18)20-17(22)11-8-14-6-9-16(23-5)10-7-14/h6-11,15,21H,12-13H2,1-5H3,(H,20,22)/b11-8+. The van der Waals surface area contributed by atoms with Crippen LogP contribution in [0, 0.1) is 0 Å². The smallest absolute Gasteiger partial charge is 0.244 e. The molecule has 1 aliphatic rings. The number of hydrogen-bond donors (Lipinski definition) is 2. The number of thioether (sulfide) groups is 1. The molecule has 0 saturated carbocycles. The number of nitrogens with one attached hydrogen (secondary N) is 2. The van der Waals surface area contributed by atoms with Crippen molar-refractivity contribution in [1.82, 2.24) is 10.6 Å². The number of hydrogen-bond acceptors (Lipinski definition) is 3. The van der Waals surface area contributed by atoms with Gasteiger partial charge in [-0.15, -0.1) is 11.8 Å². The summed E-state index contributed by atoms with van der Waals surface area (Å²) >= 11 is 1.72. The molecule has 0 aromatic heterocycles. The van der Waals surface area contributed by atoms with E-state index in [1.807, 2.05) is 18.2 Å². The maximum atomic E-state index is 12.2. The lowest BCUT2D eigenvalue weighted by Crippen LogP contribution is -2.62. The number of piperidine rings is 1. The minimum atomic E-state index is -0.0163. The first-order chi connectivity index (χ1) is 10.7. The molecule has 1 saturated heterocycles. The van der Waals surface area contributed by atoms with Crippen LogP contribution in [0.4, 0.5) is 0 Å². The minimum absolute atomic E-state index is 0.0163.